The molecule has 2 atom stereocenters. The molecular formula is C11H22. The van der Waals surface area contributed by atoms with Gasteiger partial charge in [0.1, 0.15) is 0 Å². The lowest BCUT2D eigenvalue weighted by molar-refractivity contribution is 0.0914. The summed E-state index contributed by atoms with van der Waals surface area (Å²) in [5, 5.41) is 0. The summed E-state index contributed by atoms with van der Waals surface area (Å²) in [6.07, 6.45) is 4.19. The van der Waals surface area contributed by atoms with Crippen LogP contribution in [0.15, 0.2) is 0 Å². The summed E-state index contributed by atoms with van der Waals surface area (Å²) >= 11 is 0. The van der Waals surface area contributed by atoms with E-state index in [1.807, 2.05) is 0 Å². The first kappa shape index (κ1) is 9.09. The van der Waals surface area contributed by atoms with Crippen LogP contribution in [0.2, 0.25) is 0 Å². The quantitative estimate of drug-likeness (QED) is 0.538. The molecular weight excluding hydrogens is 132 g/mol. The highest BCUT2D eigenvalue weighted by Gasteiger charge is 2.47. The van der Waals surface area contributed by atoms with Gasteiger partial charge >= 0.3 is 0 Å². The molecule has 1 aliphatic carbocycles. The van der Waals surface area contributed by atoms with E-state index in [2.05, 4.69) is 34.6 Å². The van der Waals surface area contributed by atoms with Gasteiger partial charge in [0.25, 0.3) is 0 Å². The Morgan fingerprint density at radius 3 is 2.00 bits per heavy atom. The lowest BCUT2D eigenvalue weighted by Crippen LogP contribution is -2.32. The maximum atomic E-state index is 2.45. The molecule has 0 saturated heterocycles. The van der Waals surface area contributed by atoms with Crippen molar-refractivity contribution >= 4 is 0 Å². The number of hydrogen-bond donors (Lipinski definition) is 0. The van der Waals surface area contributed by atoms with Crippen molar-refractivity contribution < 1.29 is 0 Å². The minimum atomic E-state index is 0.557. The fourth-order valence-corrected chi connectivity index (χ4v) is 2.45. The summed E-state index contributed by atoms with van der Waals surface area (Å²) < 4.78 is 0. The van der Waals surface area contributed by atoms with E-state index in [0.717, 1.165) is 5.92 Å². The second-order valence-electron chi connectivity index (χ2n) is 5.08. The molecule has 1 aliphatic rings. The molecule has 0 amide bonds. The van der Waals surface area contributed by atoms with Crippen LogP contribution >= 0.6 is 0 Å². The van der Waals surface area contributed by atoms with Crippen molar-refractivity contribution in [2.24, 2.45) is 16.7 Å². The molecule has 1 rings (SSSR count). The van der Waals surface area contributed by atoms with E-state index in [1.54, 1.807) is 0 Å². The van der Waals surface area contributed by atoms with Gasteiger partial charge in [-0.15, -0.1) is 0 Å². The molecule has 0 aliphatic heterocycles. The molecule has 0 spiro atoms. The molecule has 1 saturated carbocycles. The fraction of sp³-hybridized carbons (Fsp3) is 1.00. The predicted octanol–water partition coefficient (Wildman–Crippen LogP) is 3.86. The highest BCUT2D eigenvalue weighted by atomic mass is 14.5. The largest absolute Gasteiger partial charge is 0.0648 e. The second kappa shape index (κ2) is 2.50. The monoisotopic (exact) mass is 154 g/mol. The smallest absolute Gasteiger partial charge is 0.0275 e. The zero-order chi connectivity index (χ0) is 8.70. The number of hydrogen-bond acceptors (Lipinski definition) is 0. The minimum Gasteiger partial charge on any atom is -0.0648 e. The minimum absolute atomic E-state index is 0.557. The topological polar surface area (TPSA) is 0 Å². The van der Waals surface area contributed by atoms with Crippen LogP contribution in [0.4, 0.5) is 0 Å². The number of rotatable bonds is 1. The van der Waals surface area contributed by atoms with E-state index in [1.165, 1.54) is 19.3 Å². The molecule has 66 valence electrons. The molecule has 0 aromatic heterocycles. The van der Waals surface area contributed by atoms with Crippen LogP contribution in [0, 0.1) is 16.7 Å². The van der Waals surface area contributed by atoms with Gasteiger partial charge < -0.3 is 0 Å². The first-order chi connectivity index (χ1) is 4.94. The Morgan fingerprint density at radius 2 is 1.82 bits per heavy atom. The molecule has 0 bridgehead atoms. The lowest BCUT2D eigenvalue weighted by atomic mass is 9.65. The van der Waals surface area contributed by atoms with E-state index < -0.39 is 0 Å². The van der Waals surface area contributed by atoms with Gasteiger partial charge in [-0.05, 0) is 29.6 Å². The molecule has 0 heterocycles. The van der Waals surface area contributed by atoms with Gasteiger partial charge in [-0.1, -0.05) is 41.0 Å². The molecule has 1 fully saturated rings. The van der Waals surface area contributed by atoms with Gasteiger partial charge in [0.15, 0.2) is 0 Å². The molecule has 0 N–H and O–H groups in total. The van der Waals surface area contributed by atoms with Crippen LogP contribution in [0.1, 0.15) is 53.9 Å². The average molecular weight is 154 g/mol. The molecule has 0 radical (unpaired) electrons. The van der Waals surface area contributed by atoms with E-state index in [4.69, 9.17) is 0 Å². The van der Waals surface area contributed by atoms with Gasteiger partial charge in [0.2, 0.25) is 0 Å². The predicted molar refractivity (Wildman–Crippen MR) is 50.6 cm³/mol. The summed E-state index contributed by atoms with van der Waals surface area (Å²) in [5.74, 6) is 0.910. The molecule has 0 nitrogen and oxygen atoms in total. The molecule has 1 unspecified atom stereocenters. The van der Waals surface area contributed by atoms with Crippen LogP contribution in [-0.2, 0) is 0 Å². The Kier molecular flexibility index (Phi) is 2.07. The van der Waals surface area contributed by atoms with Crippen molar-refractivity contribution in [3.8, 4) is 0 Å². The van der Waals surface area contributed by atoms with E-state index in [0.29, 0.717) is 10.8 Å². The van der Waals surface area contributed by atoms with Crippen LogP contribution in [0.25, 0.3) is 0 Å². The first-order valence-electron chi connectivity index (χ1n) is 4.94. The highest BCUT2D eigenvalue weighted by Crippen LogP contribution is 2.57. The Bertz CT molecular complexity index is 143. The van der Waals surface area contributed by atoms with Gasteiger partial charge in [-0.3, -0.25) is 0 Å². The maximum Gasteiger partial charge on any atom is -0.0275 e. The maximum absolute atomic E-state index is 2.45. The Hall–Kier alpha value is 0. The Balaban J connectivity index is 2.86. The van der Waals surface area contributed by atoms with Crippen molar-refractivity contribution in [1.82, 2.24) is 0 Å². The Labute approximate surface area is 71.4 Å². The van der Waals surface area contributed by atoms with Crippen molar-refractivity contribution in [3.05, 3.63) is 0 Å². The third-order valence-electron chi connectivity index (χ3n) is 4.70. The SMILES string of the molecule is CC[C@@]1(C)CCC(C)C1(C)C. The van der Waals surface area contributed by atoms with Crippen molar-refractivity contribution in [2.45, 2.75) is 53.9 Å². The van der Waals surface area contributed by atoms with Crippen LogP contribution < -0.4 is 0 Å². The van der Waals surface area contributed by atoms with E-state index in [-0.39, 0.29) is 0 Å². The van der Waals surface area contributed by atoms with Crippen molar-refractivity contribution in [1.29, 1.82) is 0 Å². The standard InChI is InChI=1S/C11H22/c1-6-11(5)8-7-9(2)10(11,3)4/h9H,6-8H2,1-5H3/t9?,11-/m0/s1. The second-order valence-corrected chi connectivity index (χ2v) is 5.08. The summed E-state index contributed by atoms with van der Waals surface area (Å²) in [7, 11) is 0. The Morgan fingerprint density at radius 1 is 1.27 bits per heavy atom. The molecule has 0 heteroatoms. The highest BCUT2D eigenvalue weighted by molar-refractivity contribution is 4.97. The van der Waals surface area contributed by atoms with Crippen LogP contribution in [0.5, 0.6) is 0 Å². The average Bonchev–Trinajstić information content (AvgIpc) is 2.15. The van der Waals surface area contributed by atoms with Crippen molar-refractivity contribution in [2.75, 3.05) is 0 Å². The molecule has 0 aromatic rings. The molecule has 11 heavy (non-hydrogen) atoms. The fourth-order valence-electron chi connectivity index (χ4n) is 2.45. The van der Waals surface area contributed by atoms with Gasteiger partial charge in [0, 0.05) is 0 Å². The summed E-state index contributed by atoms with van der Waals surface area (Å²) in [6, 6.07) is 0. The summed E-state index contributed by atoms with van der Waals surface area (Å²) in [4.78, 5) is 0. The zero-order valence-corrected chi connectivity index (χ0v) is 8.70. The first-order valence-corrected chi connectivity index (χ1v) is 4.94. The lowest BCUT2D eigenvalue weighted by Gasteiger charge is -2.40. The van der Waals surface area contributed by atoms with Crippen LogP contribution in [-0.4, -0.2) is 0 Å². The van der Waals surface area contributed by atoms with E-state index >= 15 is 0 Å². The van der Waals surface area contributed by atoms with Crippen molar-refractivity contribution in [3.63, 3.8) is 0 Å². The normalized spacial score (nSPS) is 42.8. The van der Waals surface area contributed by atoms with Gasteiger partial charge in [-0.2, -0.15) is 0 Å². The molecule has 0 aromatic carbocycles. The van der Waals surface area contributed by atoms with Crippen LogP contribution in [0.3, 0.4) is 0 Å². The summed E-state index contributed by atoms with van der Waals surface area (Å²) in [5.41, 5.74) is 1.16. The summed E-state index contributed by atoms with van der Waals surface area (Å²) in [6.45, 7) is 12.1. The zero-order valence-electron chi connectivity index (χ0n) is 8.70. The van der Waals surface area contributed by atoms with Gasteiger partial charge in [0.05, 0.1) is 0 Å². The van der Waals surface area contributed by atoms with E-state index in [9.17, 15) is 0 Å². The van der Waals surface area contributed by atoms with Gasteiger partial charge in [-0.25, -0.2) is 0 Å². The third-order valence-corrected chi connectivity index (χ3v) is 4.70. The third kappa shape index (κ3) is 1.11.